The number of fused-ring (bicyclic) bond motifs is 1. The third-order valence-electron chi connectivity index (χ3n) is 3.99. The number of hydrogen-bond donors (Lipinski definition) is 0. The van der Waals surface area contributed by atoms with Crippen LogP contribution in [0.4, 0.5) is 0 Å². The van der Waals surface area contributed by atoms with Crippen LogP contribution in [0, 0.1) is 5.92 Å². The summed E-state index contributed by atoms with van der Waals surface area (Å²) >= 11 is 6.24. The molecule has 1 saturated carbocycles. The van der Waals surface area contributed by atoms with E-state index in [-0.39, 0.29) is 5.91 Å². The van der Waals surface area contributed by atoms with E-state index < -0.39 is 0 Å². The Morgan fingerprint density at radius 3 is 2.85 bits per heavy atom. The molecule has 1 aromatic heterocycles. The highest BCUT2D eigenvalue weighted by atomic mass is 35.5. The molecule has 0 radical (unpaired) electrons. The number of para-hydroxylation sites is 1. The zero-order valence-corrected chi connectivity index (χ0v) is 12.2. The number of nitrogens with zero attached hydrogens (tertiary/aromatic N) is 2. The zero-order valence-electron chi connectivity index (χ0n) is 11.5. The summed E-state index contributed by atoms with van der Waals surface area (Å²) in [5, 5.41) is 1.46. The number of carbonyl (C=O) groups excluding carboxylic acids is 1. The molecular weight excluding hydrogens is 272 g/mol. The first-order valence-electron chi connectivity index (χ1n) is 6.96. The Bertz CT molecular complexity index is 652. The molecule has 104 valence electrons. The summed E-state index contributed by atoms with van der Waals surface area (Å²) in [7, 11) is 1.84. The number of pyridine rings is 1. The van der Waals surface area contributed by atoms with Gasteiger partial charge in [0.1, 0.15) is 5.69 Å². The van der Waals surface area contributed by atoms with Gasteiger partial charge in [-0.1, -0.05) is 36.2 Å². The monoisotopic (exact) mass is 288 g/mol. The van der Waals surface area contributed by atoms with E-state index in [1.165, 1.54) is 19.3 Å². The van der Waals surface area contributed by atoms with Crippen molar-refractivity contribution < 1.29 is 4.79 Å². The largest absolute Gasteiger partial charge is 0.340 e. The van der Waals surface area contributed by atoms with E-state index in [4.69, 9.17) is 11.6 Å². The van der Waals surface area contributed by atoms with Crippen molar-refractivity contribution in [2.45, 2.75) is 19.3 Å². The SMILES string of the molecule is CN(CC1CCC1)C(=O)c1cc(Cl)c2ccccc2n1. The van der Waals surface area contributed by atoms with E-state index >= 15 is 0 Å². The molecule has 0 aliphatic heterocycles. The first-order chi connectivity index (χ1) is 9.65. The van der Waals surface area contributed by atoms with Crippen LogP contribution in [0.15, 0.2) is 30.3 Å². The summed E-state index contributed by atoms with van der Waals surface area (Å²) in [6, 6.07) is 9.28. The molecule has 0 spiro atoms. The van der Waals surface area contributed by atoms with Gasteiger partial charge in [0.2, 0.25) is 0 Å². The van der Waals surface area contributed by atoms with Crippen LogP contribution in [0.1, 0.15) is 29.8 Å². The molecule has 0 saturated heterocycles. The van der Waals surface area contributed by atoms with Crippen molar-refractivity contribution in [1.82, 2.24) is 9.88 Å². The first kappa shape index (κ1) is 13.4. The molecule has 0 unspecified atom stereocenters. The van der Waals surface area contributed by atoms with Gasteiger partial charge in [0.15, 0.2) is 0 Å². The third-order valence-corrected chi connectivity index (χ3v) is 4.30. The summed E-state index contributed by atoms with van der Waals surface area (Å²) in [4.78, 5) is 18.6. The number of aromatic nitrogens is 1. The molecule has 1 aromatic carbocycles. The fourth-order valence-corrected chi connectivity index (χ4v) is 2.85. The van der Waals surface area contributed by atoms with Gasteiger partial charge in [-0.15, -0.1) is 0 Å². The average molecular weight is 289 g/mol. The Labute approximate surface area is 123 Å². The van der Waals surface area contributed by atoms with Gasteiger partial charge in [0, 0.05) is 19.0 Å². The number of hydrogen-bond acceptors (Lipinski definition) is 2. The van der Waals surface area contributed by atoms with Crippen molar-refractivity contribution in [1.29, 1.82) is 0 Å². The molecule has 1 aliphatic rings. The quantitative estimate of drug-likeness (QED) is 0.861. The summed E-state index contributed by atoms with van der Waals surface area (Å²) in [5.41, 5.74) is 1.19. The van der Waals surface area contributed by atoms with Gasteiger partial charge >= 0.3 is 0 Å². The van der Waals surface area contributed by atoms with Crippen LogP contribution in [0.2, 0.25) is 5.02 Å². The van der Waals surface area contributed by atoms with Crippen molar-refractivity contribution in [3.63, 3.8) is 0 Å². The van der Waals surface area contributed by atoms with E-state index in [0.29, 0.717) is 16.6 Å². The maximum Gasteiger partial charge on any atom is 0.272 e. The topological polar surface area (TPSA) is 33.2 Å². The van der Waals surface area contributed by atoms with Crippen molar-refractivity contribution in [2.75, 3.05) is 13.6 Å². The van der Waals surface area contributed by atoms with E-state index in [1.54, 1.807) is 11.0 Å². The van der Waals surface area contributed by atoms with Crippen molar-refractivity contribution >= 4 is 28.4 Å². The van der Waals surface area contributed by atoms with Gasteiger partial charge in [-0.05, 0) is 30.9 Å². The Morgan fingerprint density at radius 1 is 1.40 bits per heavy atom. The van der Waals surface area contributed by atoms with Crippen LogP contribution in [0.3, 0.4) is 0 Å². The van der Waals surface area contributed by atoms with Gasteiger partial charge < -0.3 is 4.90 Å². The molecule has 1 aliphatic carbocycles. The highest BCUT2D eigenvalue weighted by Crippen LogP contribution is 2.27. The van der Waals surface area contributed by atoms with Crippen LogP contribution >= 0.6 is 11.6 Å². The molecule has 3 nitrogen and oxygen atoms in total. The first-order valence-corrected chi connectivity index (χ1v) is 7.33. The lowest BCUT2D eigenvalue weighted by Gasteiger charge is -2.30. The molecule has 4 heteroatoms. The van der Waals surface area contributed by atoms with Crippen LogP contribution in [-0.2, 0) is 0 Å². The predicted molar refractivity (Wildman–Crippen MR) is 81.1 cm³/mol. The Balaban J connectivity index is 1.87. The molecule has 0 atom stereocenters. The average Bonchev–Trinajstić information content (AvgIpc) is 2.41. The second kappa shape index (κ2) is 5.41. The fraction of sp³-hybridized carbons (Fsp3) is 0.375. The molecule has 2 aromatic rings. The Kier molecular flexibility index (Phi) is 3.62. The minimum atomic E-state index is -0.0513. The van der Waals surface area contributed by atoms with Gasteiger partial charge in [-0.3, -0.25) is 4.79 Å². The molecule has 1 heterocycles. The highest BCUT2D eigenvalue weighted by Gasteiger charge is 2.23. The molecule has 0 N–H and O–H groups in total. The van der Waals surface area contributed by atoms with Crippen molar-refractivity contribution in [3.8, 4) is 0 Å². The summed E-state index contributed by atoms with van der Waals surface area (Å²) in [6.45, 7) is 0.810. The second-order valence-electron chi connectivity index (χ2n) is 5.49. The highest BCUT2D eigenvalue weighted by molar-refractivity contribution is 6.35. The van der Waals surface area contributed by atoms with Crippen LogP contribution < -0.4 is 0 Å². The fourth-order valence-electron chi connectivity index (χ4n) is 2.58. The second-order valence-corrected chi connectivity index (χ2v) is 5.90. The number of benzene rings is 1. The van der Waals surface area contributed by atoms with Gasteiger partial charge in [-0.25, -0.2) is 4.98 Å². The number of amides is 1. The standard InChI is InChI=1S/C16H17ClN2O/c1-19(10-11-5-4-6-11)16(20)15-9-13(17)12-7-2-3-8-14(12)18-15/h2-3,7-9,11H,4-6,10H2,1H3. The van der Waals surface area contributed by atoms with E-state index in [1.807, 2.05) is 31.3 Å². The zero-order chi connectivity index (χ0) is 14.1. The normalized spacial score (nSPS) is 15.1. The molecule has 3 rings (SSSR count). The van der Waals surface area contributed by atoms with Gasteiger partial charge in [0.25, 0.3) is 5.91 Å². The van der Waals surface area contributed by atoms with E-state index in [9.17, 15) is 4.79 Å². The summed E-state index contributed by atoms with van der Waals surface area (Å²) in [6.07, 6.45) is 3.74. The summed E-state index contributed by atoms with van der Waals surface area (Å²) in [5.74, 6) is 0.601. The Morgan fingerprint density at radius 2 is 2.15 bits per heavy atom. The van der Waals surface area contributed by atoms with Crippen LogP contribution in [-0.4, -0.2) is 29.4 Å². The van der Waals surface area contributed by atoms with Gasteiger partial charge in [-0.2, -0.15) is 0 Å². The lowest BCUT2D eigenvalue weighted by molar-refractivity contribution is 0.0740. The number of rotatable bonds is 3. The Hall–Kier alpha value is -1.61. The van der Waals surface area contributed by atoms with E-state index in [0.717, 1.165) is 17.4 Å². The molecular formula is C16H17ClN2O. The molecule has 0 bridgehead atoms. The van der Waals surface area contributed by atoms with Crippen molar-refractivity contribution in [3.05, 3.63) is 41.0 Å². The third kappa shape index (κ3) is 2.50. The molecule has 20 heavy (non-hydrogen) atoms. The smallest absolute Gasteiger partial charge is 0.272 e. The molecule has 1 fully saturated rings. The summed E-state index contributed by atoms with van der Waals surface area (Å²) < 4.78 is 0. The maximum absolute atomic E-state index is 12.4. The minimum Gasteiger partial charge on any atom is -0.340 e. The van der Waals surface area contributed by atoms with Crippen LogP contribution in [0.25, 0.3) is 10.9 Å². The maximum atomic E-state index is 12.4. The predicted octanol–water partition coefficient (Wildman–Crippen LogP) is 3.76. The molecule has 1 amide bonds. The number of halogens is 1. The minimum absolute atomic E-state index is 0.0513. The van der Waals surface area contributed by atoms with Crippen LogP contribution in [0.5, 0.6) is 0 Å². The van der Waals surface area contributed by atoms with Crippen molar-refractivity contribution in [2.24, 2.45) is 5.92 Å². The lowest BCUT2D eigenvalue weighted by atomic mass is 9.85. The number of carbonyl (C=O) groups is 1. The van der Waals surface area contributed by atoms with E-state index in [2.05, 4.69) is 4.98 Å². The lowest BCUT2D eigenvalue weighted by Crippen LogP contribution is -2.34. The van der Waals surface area contributed by atoms with Gasteiger partial charge in [0.05, 0.1) is 10.5 Å².